The molecule has 1 heterocycles. The van der Waals surface area contributed by atoms with E-state index < -0.39 is 9.84 Å². The molecule has 25 heavy (non-hydrogen) atoms. The van der Waals surface area contributed by atoms with Crippen LogP contribution in [0.4, 0.5) is 0 Å². The van der Waals surface area contributed by atoms with Crippen LogP contribution in [0.3, 0.4) is 0 Å². The Bertz CT molecular complexity index is 823. The van der Waals surface area contributed by atoms with E-state index in [1.165, 1.54) is 12.1 Å². The first kappa shape index (κ1) is 19.2. The smallest absolute Gasteiger partial charge is 0.254 e. The van der Waals surface area contributed by atoms with Gasteiger partial charge in [0, 0.05) is 24.9 Å². The van der Waals surface area contributed by atoms with Crippen LogP contribution in [0, 0.1) is 6.92 Å². The summed E-state index contributed by atoms with van der Waals surface area (Å²) in [7, 11) is 0.611. The molecule has 0 aliphatic rings. The van der Waals surface area contributed by atoms with Crippen molar-refractivity contribution in [2.24, 2.45) is 0 Å². The molecule has 2 aromatic rings. The van der Waals surface area contributed by atoms with Gasteiger partial charge in [0.15, 0.2) is 9.84 Å². The van der Waals surface area contributed by atoms with Crippen LogP contribution in [0.25, 0.3) is 0 Å². The van der Waals surface area contributed by atoms with Gasteiger partial charge in [0.2, 0.25) is 0 Å². The van der Waals surface area contributed by atoms with Crippen molar-refractivity contribution in [1.29, 1.82) is 0 Å². The predicted octanol–water partition coefficient (Wildman–Crippen LogP) is 2.20. The van der Waals surface area contributed by atoms with Gasteiger partial charge in [-0.3, -0.25) is 4.79 Å². The second kappa shape index (κ2) is 7.84. The fraction of sp³-hybridized carbons (Fsp3) is 0.389. The summed E-state index contributed by atoms with van der Waals surface area (Å²) in [5.74, 6) is 1.36. The summed E-state index contributed by atoms with van der Waals surface area (Å²) in [6, 6.07) is 9.75. The number of benzene rings is 1. The largest absolute Gasteiger partial charge is 0.464 e. The SMILES string of the molecule is Cc1ccc(CN(CCN(C)C)C(=O)c2ccc(S(C)(=O)=O)cc2)o1. The Labute approximate surface area is 149 Å². The van der Waals surface area contributed by atoms with E-state index in [1.807, 2.05) is 38.1 Å². The summed E-state index contributed by atoms with van der Waals surface area (Å²) in [6.07, 6.45) is 1.15. The molecule has 136 valence electrons. The van der Waals surface area contributed by atoms with Crippen LogP contribution in [0.1, 0.15) is 21.9 Å². The molecular formula is C18H24N2O4S. The molecule has 1 aromatic carbocycles. The van der Waals surface area contributed by atoms with Crippen LogP contribution in [0.2, 0.25) is 0 Å². The highest BCUT2D eigenvalue weighted by atomic mass is 32.2. The highest BCUT2D eigenvalue weighted by Crippen LogP contribution is 2.15. The first-order chi connectivity index (χ1) is 11.7. The van der Waals surface area contributed by atoms with E-state index in [0.29, 0.717) is 25.2 Å². The number of rotatable bonds is 7. The standard InChI is InChI=1S/C18H24N2O4S/c1-14-5-8-16(24-14)13-20(12-11-19(2)3)18(21)15-6-9-17(10-7-15)25(4,22)23/h5-10H,11-13H2,1-4H3. The normalized spacial score (nSPS) is 11.7. The molecule has 6 nitrogen and oxygen atoms in total. The zero-order valence-corrected chi connectivity index (χ0v) is 15.8. The number of hydrogen-bond donors (Lipinski definition) is 0. The van der Waals surface area contributed by atoms with E-state index in [9.17, 15) is 13.2 Å². The van der Waals surface area contributed by atoms with Crippen LogP contribution < -0.4 is 0 Å². The second-order valence-corrected chi connectivity index (χ2v) is 8.35. The van der Waals surface area contributed by atoms with Crippen molar-refractivity contribution >= 4 is 15.7 Å². The summed E-state index contributed by atoms with van der Waals surface area (Å²) in [5.41, 5.74) is 0.453. The fourth-order valence-electron chi connectivity index (χ4n) is 2.36. The molecule has 2 rings (SSSR count). The van der Waals surface area contributed by atoms with Crippen molar-refractivity contribution < 1.29 is 17.6 Å². The average molecular weight is 364 g/mol. The van der Waals surface area contributed by atoms with E-state index in [0.717, 1.165) is 17.8 Å². The van der Waals surface area contributed by atoms with Crippen LogP contribution in [-0.4, -0.2) is 57.6 Å². The molecule has 7 heteroatoms. The maximum atomic E-state index is 12.8. The summed E-state index contributed by atoms with van der Waals surface area (Å²) >= 11 is 0. The average Bonchev–Trinajstić information content (AvgIpc) is 2.95. The van der Waals surface area contributed by atoms with E-state index in [4.69, 9.17) is 4.42 Å². The minimum absolute atomic E-state index is 0.157. The van der Waals surface area contributed by atoms with Crippen LogP contribution in [0.5, 0.6) is 0 Å². The number of sulfone groups is 1. The molecule has 0 aliphatic carbocycles. The summed E-state index contributed by atoms with van der Waals surface area (Å²) in [6.45, 7) is 3.49. The molecule has 0 bridgehead atoms. The molecule has 1 amide bonds. The van der Waals surface area contributed by atoms with Crippen molar-refractivity contribution in [3.8, 4) is 0 Å². The van der Waals surface area contributed by atoms with Crippen molar-refractivity contribution in [3.63, 3.8) is 0 Å². The first-order valence-electron chi connectivity index (χ1n) is 7.96. The van der Waals surface area contributed by atoms with Gasteiger partial charge in [-0.05, 0) is 57.4 Å². The Kier molecular flexibility index (Phi) is 6.02. The van der Waals surface area contributed by atoms with Gasteiger partial charge in [0.25, 0.3) is 5.91 Å². The zero-order valence-electron chi connectivity index (χ0n) is 15.0. The predicted molar refractivity (Wildman–Crippen MR) is 96.3 cm³/mol. The lowest BCUT2D eigenvalue weighted by Gasteiger charge is -2.23. The number of nitrogens with zero attached hydrogens (tertiary/aromatic N) is 2. The van der Waals surface area contributed by atoms with E-state index in [1.54, 1.807) is 17.0 Å². The van der Waals surface area contributed by atoms with Gasteiger partial charge in [0.1, 0.15) is 11.5 Å². The number of aryl methyl sites for hydroxylation is 1. The molecule has 0 spiro atoms. The van der Waals surface area contributed by atoms with Gasteiger partial charge in [-0.15, -0.1) is 0 Å². The second-order valence-electron chi connectivity index (χ2n) is 6.34. The molecule has 0 aliphatic heterocycles. The molecule has 0 fully saturated rings. The number of hydrogen-bond acceptors (Lipinski definition) is 5. The molecule has 0 N–H and O–H groups in total. The Hall–Kier alpha value is -2.12. The fourth-order valence-corrected chi connectivity index (χ4v) is 2.99. The minimum atomic E-state index is -3.28. The quantitative estimate of drug-likeness (QED) is 0.753. The number of furan rings is 1. The van der Waals surface area contributed by atoms with Crippen molar-refractivity contribution in [3.05, 3.63) is 53.5 Å². The number of carbonyl (C=O) groups is 1. The van der Waals surface area contributed by atoms with Gasteiger partial charge in [-0.25, -0.2) is 8.42 Å². The topological polar surface area (TPSA) is 70.8 Å². The lowest BCUT2D eigenvalue weighted by atomic mass is 10.2. The van der Waals surface area contributed by atoms with Crippen LogP contribution in [-0.2, 0) is 16.4 Å². The molecule has 0 unspecified atom stereocenters. The van der Waals surface area contributed by atoms with Crippen LogP contribution in [0.15, 0.2) is 45.7 Å². The molecule has 0 saturated carbocycles. The van der Waals surface area contributed by atoms with Gasteiger partial charge in [0.05, 0.1) is 11.4 Å². The maximum absolute atomic E-state index is 12.8. The first-order valence-corrected chi connectivity index (χ1v) is 9.85. The maximum Gasteiger partial charge on any atom is 0.254 e. The van der Waals surface area contributed by atoms with Gasteiger partial charge in [-0.2, -0.15) is 0 Å². The van der Waals surface area contributed by atoms with Crippen molar-refractivity contribution in [2.45, 2.75) is 18.4 Å². The highest BCUT2D eigenvalue weighted by Gasteiger charge is 2.18. The molecule has 0 radical (unpaired) electrons. The van der Waals surface area contributed by atoms with E-state index in [2.05, 4.69) is 0 Å². The Morgan fingerprint density at radius 1 is 1.04 bits per heavy atom. The minimum Gasteiger partial charge on any atom is -0.464 e. The summed E-state index contributed by atoms with van der Waals surface area (Å²) in [5, 5.41) is 0. The summed E-state index contributed by atoms with van der Waals surface area (Å²) < 4.78 is 28.7. The van der Waals surface area contributed by atoms with E-state index >= 15 is 0 Å². The molecule has 1 aromatic heterocycles. The Morgan fingerprint density at radius 2 is 1.68 bits per heavy atom. The third kappa shape index (κ3) is 5.44. The number of carbonyl (C=O) groups excluding carboxylic acids is 1. The molecular weight excluding hydrogens is 340 g/mol. The van der Waals surface area contributed by atoms with Crippen molar-refractivity contribution in [1.82, 2.24) is 9.80 Å². The lowest BCUT2D eigenvalue weighted by molar-refractivity contribution is 0.0719. The van der Waals surface area contributed by atoms with E-state index in [-0.39, 0.29) is 10.8 Å². The zero-order chi connectivity index (χ0) is 18.6. The molecule has 0 atom stereocenters. The third-order valence-electron chi connectivity index (χ3n) is 3.78. The molecule has 0 saturated heterocycles. The number of amides is 1. The van der Waals surface area contributed by atoms with Crippen LogP contribution >= 0.6 is 0 Å². The van der Waals surface area contributed by atoms with Gasteiger partial charge < -0.3 is 14.2 Å². The monoisotopic (exact) mass is 364 g/mol. The third-order valence-corrected chi connectivity index (χ3v) is 4.90. The number of likely N-dealkylation sites (N-methyl/N-ethyl adjacent to an activating group) is 1. The highest BCUT2D eigenvalue weighted by molar-refractivity contribution is 7.90. The summed E-state index contributed by atoms with van der Waals surface area (Å²) in [4.78, 5) is 16.7. The van der Waals surface area contributed by atoms with Gasteiger partial charge in [-0.1, -0.05) is 0 Å². The van der Waals surface area contributed by atoms with Crippen molar-refractivity contribution in [2.75, 3.05) is 33.4 Å². The Balaban J connectivity index is 2.21. The lowest BCUT2D eigenvalue weighted by Crippen LogP contribution is -2.36. The van der Waals surface area contributed by atoms with Gasteiger partial charge >= 0.3 is 0 Å². The Morgan fingerprint density at radius 3 is 2.16 bits per heavy atom.